The summed E-state index contributed by atoms with van der Waals surface area (Å²) in [5.74, 6) is -1.30. The van der Waals surface area contributed by atoms with Gasteiger partial charge in [-0.05, 0) is 29.0 Å². The lowest BCUT2D eigenvalue weighted by Crippen LogP contribution is -2.02. The molecule has 0 unspecified atom stereocenters. The van der Waals surface area contributed by atoms with E-state index in [9.17, 15) is 14.9 Å². The molecule has 0 spiro atoms. The Morgan fingerprint density at radius 2 is 1.94 bits per heavy atom. The molecule has 5 nitrogen and oxygen atoms in total. The van der Waals surface area contributed by atoms with Crippen molar-refractivity contribution in [3.05, 3.63) is 50.5 Å². The summed E-state index contributed by atoms with van der Waals surface area (Å²) in [6, 6.07) is 7.73. The second-order valence-electron chi connectivity index (χ2n) is 3.42. The Balaban J connectivity index is 2.81. The number of benzene rings is 2. The maximum Gasteiger partial charge on any atom is 0.342 e. The molecular weight excluding hydrogens is 290 g/mol. The largest absolute Gasteiger partial charge is 0.477 e. The molecule has 0 aromatic heterocycles. The summed E-state index contributed by atoms with van der Waals surface area (Å²) in [5, 5.41) is 21.0. The highest BCUT2D eigenvalue weighted by atomic mass is 79.9. The monoisotopic (exact) mass is 295 g/mol. The lowest BCUT2D eigenvalue weighted by Gasteiger charge is -2.02. The maximum atomic E-state index is 10.9. The van der Waals surface area contributed by atoms with Gasteiger partial charge in [0.25, 0.3) is 5.69 Å². The van der Waals surface area contributed by atoms with E-state index in [1.54, 1.807) is 18.2 Å². The highest BCUT2D eigenvalue weighted by Crippen LogP contribution is 2.28. The number of nitro groups is 1. The summed E-state index contributed by atoms with van der Waals surface area (Å²) in [4.78, 5) is 21.0. The van der Waals surface area contributed by atoms with E-state index in [2.05, 4.69) is 15.9 Å². The van der Waals surface area contributed by atoms with Crippen LogP contribution in [0.4, 0.5) is 5.69 Å². The van der Waals surface area contributed by atoms with Crippen molar-refractivity contribution in [2.24, 2.45) is 0 Å². The summed E-state index contributed by atoms with van der Waals surface area (Å²) < 4.78 is 0.780. The van der Waals surface area contributed by atoms with Crippen LogP contribution in [0.25, 0.3) is 10.8 Å². The third-order valence-corrected chi connectivity index (χ3v) is 2.84. The molecule has 2 rings (SSSR count). The molecule has 0 heterocycles. The van der Waals surface area contributed by atoms with Crippen molar-refractivity contribution >= 4 is 38.4 Å². The molecule has 0 aliphatic rings. The van der Waals surface area contributed by atoms with E-state index in [-0.39, 0.29) is 5.56 Å². The van der Waals surface area contributed by atoms with Crippen LogP contribution in [-0.2, 0) is 0 Å². The molecule has 0 radical (unpaired) electrons. The molecule has 0 atom stereocenters. The van der Waals surface area contributed by atoms with Crippen LogP contribution in [0.5, 0.6) is 0 Å². The van der Waals surface area contributed by atoms with Gasteiger partial charge in [-0.15, -0.1) is 0 Å². The number of carboxylic acids is 1. The number of nitrogens with zero attached hydrogens (tertiary/aromatic N) is 1. The standard InChI is InChI=1S/C11H6BrNO4/c12-8-2-1-6-4-9(11(14)15)10(13(16)17)5-7(6)3-8/h1-5H,(H,14,15). The highest BCUT2D eigenvalue weighted by molar-refractivity contribution is 9.10. The molecule has 0 fully saturated rings. The predicted molar refractivity (Wildman–Crippen MR) is 65.3 cm³/mol. The van der Waals surface area contributed by atoms with Crippen molar-refractivity contribution in [1.29, 1.82) is 0 Å². The van der Waals surface area contributed by atoms with Crippen LogP contribution in [0.1, 0.15) is 10.4 Å². The van der Waals surface area contributed by atoms with Crippen molar-refractivity contribution in [3.63, 3.8) is 0 Å². The summed E-state index contributed by atoms with van der Waals surface area (Å²) in [6.45, 7) is 0. The molecule has 0 bridgehead atoms. The van der Waals surface area contributed by atoms with Crippen molar-refractivity contribution in [2.75, 3.05) is 0 Å². The molecule has 2 aromatic rings. The molecule has 2 aromatic carbocycles. The van der Waals surface area contributed by atoms with Gasteiger partial charge in [0.15, 0.2) is 0 Å². The second-order valence-corrected chi connectivity index (χ2v) is 4.34. The van der Waals surface area contributed by atoms with Crippen molar-refractivity contribution < 1.29 is 14.8 Å². The first kappa shape index (κ1) is 11.5. The minimum atomic E-state index is -1.30. The zero-order chi connectivity index (χ0) is 12.6. The van der Waals surface area contributed by atoms with E-state index >= 15 is 0 Å². The molecule has 0 aliphatic heterocycles. The Labute approximate surface area is 104 Å². The topological polar surface area (TPSA) is 80.4 Å². The smallest absolute Gasteiger partial charge is 0.342 e. The zero-order valence-electron chi connectivity index (χ0n) is 8.38. The number of rotatable bonds is 2. The summed E-state index contributed by atoms with van der Waals surface area (Å²) in [5.41, 5.74) is -0.701. The maximum absolute atomic E-state index is 10.9. The Kier molecular flexibility index (Phi) is 2.81. The number of carbonyl (C=O) groups is 1. The zero-order valence-corrected chi connectivity index (χ0v) is 9.97. The molecule has 1 N–H and O–H groups in total. The van der Waals surface area contributed by atoms with Gasteiger partial charge in [-0.25, -0.2) is 4.79 Å². The Morgan fingerprint density at radius 3 is 2.53 bits per heavy atom. The number of aromatic carboxylic acids is 1. The molecule has 0 amide bonds. The lowest BCUT2D eigenvalue weighted by molar-refractivity contribution is -0.385. The molecular formula is C11H6BrNO4. The van der Waals surface area contributed by atoms with E-state index < -0.39 is 16.6 Å². The van der Waals surface area contributed by atoms with Crippen molar-refractivity contribution in [1.82, 2.24) is 0 Å². The van der Waals surface area contributed by atoms with Gasteiger partial charge < -0.3 is 5.11 Å². The van der Waals surface area contributed by atoms with Gasteiger partial charge in [0, 0.05) is 10.5 Å². The number of hydrogen-bond donors (Lipinski definition) is 1. The van der Waals surface area contributed by atoms with Crippen LogP contribution in [0.15, 0.2) is 34.8 Å². The van der Waals surface area contributed by atoms with E-state index in [4.69, 9.17) is 5.11 Å². The van der Waals surface area contributed by atoms with Crippen molar-refractivity contribution in [2.45, 2.75) is 0 Å². The third-order valence-electron chi connectivity index (χ3n) is 2.34. The van der Waals surface area contributed by atoms with Gasteiger partial charge >= 0.3 is 5.97 Å². The molecule has 0 saturated carbocycles. The van der Waals surface area contributed by atoms with Crippen LogP contribution in [-0.4, -0.2) is 16.0 Å². The molecule has 0 aliphatic carbocycles. The van der Waals surface area contributed by atoms with Crippen LogP contribution >= 0.6 is 15.9 Å². The first-order valence-corrected chi connectivity index (χ1v) is 5.39. The minimum absolute atomic E-state index is 0.301. The molecule has 17 heavy (non-hydrogen) atoms. The van der Waals surface area contributed by atoms with E-state index in [0.29, 0.717) is 10.8 Å². The SMILES string of the molecule is O=C(O)c1cc2ccc(Br)cc2cc1[N+](=O)[O-]. The van der Waals surface area contributed by atoms with Crippen LogP contribution in [0.2, 0.25) is 0 Å². The number of hydrogen-bond acceptors (Lipinski definition) is 3. The van der Waals surface area contributed by atoms with Gasteiger partial charge in [0.2, 0.25) is 0 Å². The van der Waals surface area contributed by atoms with Gasteiger partial charge in [0.1, 0.15) is 5.56 Å². The summed E-state index contributed by atoms with van der Waals surface area (Å²) in [7, 11) is 0. The van der Waals surface area contributed by atoms with E-state index in [0.717, 1.165) is 4.47 Å². The molecule has 6 heteroatoms. The van der Waals surface area contributed by atoms with Crippen LogP contribution < -0.4 is 0 Å². The number of nitro benzene ring substituents is 1. The summed E-state index contributed by atoms with van der Waals surface area (Å²) >= 11 is 3.26. The fourth-order valence-electron chi connectivity index (χ4n) is 1.58. The predicted octanol–water partition coefficient (Wildman–Crippen LogP) is 3.21. The van der Waals surface area contributed by atoms with Crippen LogP contribution in [0, 0.1) is 10.1 Å². The van der Waals surface area contributed by atoms with Gasteiger partial charge in [-0.3, -0.25) is 10.1 Å². The summed E-state index contributed by atoms with van der Waals surface area (Å²) in [6.07, 6.45) is 0. The quantitative estimate of drug-likeness (QED) is 0.681. The van der Waals surface area contributed by atoms with E-state index in [1.807, 2.05) is 0 Å². The number of carboxylic acid groups (broad SMARTS) is 1. The first-order chi connectivity index (χ1) is 7.99. The Bertz CT molecular complexity index is 639. The van der Waals surface area contributed by atoms with Crippen LogP contribution in [0.3, 0.4) is 0 Å². The number of fused-ring (bicyclic) bond motifs is 1. The highest BCUT2D eigenvalue weighted by Gasteiger charge is 2.20. The fraction of sp³-hybridized carbons (Fsp3) is 0. The minimum Gasteiger partial charge on any atom is -0.477 e. The van der Waals surface area contributed by atoms with Crippen molar-refractivity contribution in [3.8, 4) is 0 Å². The first-order valence-electron chi connectivity index (χ1n) is 4.60. The van der Waals surface area contributed by atoms with Gasteiger partial charge in [-0.1, -0.05) is 22.0 Å². The fourth-order valence-corrected chi connectivity index (χ4v) is 1.96. The van der Waals surface area contributed by atoms with Gasteiger partial charge in [-0.2, -0.15) is 0 Å². The Hall–Kier alpha value is -1.95. The van der Waals surface area contributed by atoms with Gasteiger partial charge in [0.05, 0.1) is 4.92 Å². The average Bonchev–Trinajstić information content (AvgIpc) is 2.26. The molecule has 86 valence electrons. The molecule has 0 saturated heterocycles. The number of halogens is 1. The average molecular weight is 296 g/mol. The normalized spacial score (nSPS) is 10.4. The Morgan fingerprint density at radius 1 is 1.24 bits per heavy atom. The second kappa shape index (κ2) is 4.14. The third kappa shape index (κ3) is 2.12. The van der Waals surface area contributed by atoms with E-state index in [1.165, 1.54) is 12.1 Å². The lowest BCUT2D eigenvalue weighted by atomic mass is 10.1.